The maximum atomic E-state index is 11.4. The van der Waals surface area contributed by atoms with E-state index in [0.717, 1.165) is 24.9 Å². The fraction of sp³-hybridized carbons (Fsp3) is 0.500. The molecule has 3 rings (SSSR count). The lowest BCUT2D eigenvalue weighted by Gasteiger charge is -2.30. The van der Waals surface area contributed by atoms with Crippen molar-refractivity contribution < 1.29 is 4.79 Å². The summed E-state index contributed by atoms with van der Waals surface area (Å²) in [4.78, 5) is 11.4. The zero-order chi connectivity index (χ0) is 12.0. The van der Waals surface area contributed by atoms with Crippen LogP contribution >= 0.6 is 0 Å². The van der Waals surface area contributed by atoms with Gasteiger partial charge in [-0.1, -0.05) is 0 Å². The Kier molecular flexibility index (Phi) is 2.44. The normalized spacial score (nSPS) is 22.7. The van der Waals surface area contributed by atoms with Crippen LogP contribution in [0.15, 0.2) is 6.07 Å². The minimum Gasteiger partial charge on any atom is -0.326 e. The van der Waals surface area contributed by atoms with Crippen molar-refractivity contribution in [3.8, 4) is 0 Å². The standard InChI is InChI=1S/C14H18N2O/c1-8-7-12-10(5-6-13(17)16-12)14-9(8)3-2-4-11(14)15/h7,11H,2-6,15H2,1H3,(H,16,17)/t11-/m0/s1. The number of fused-ring (bicyclic) bond motifs is 3. The molecule has 90 valence electrons. The Morgan fingerprint density at radius 2 is 2.12 bits per heavy atom. The van der Waals surface area contributed by atoms with Crippen LogP contribution < -0.4 is 11.1 Å². The van der Waals surface area contributed by atoms with Crippen LogP contribution in [0.2, 0.25) is 0 Å². The van der Waals surface area contributed by atoms with Crippen molar-refractivity contribution >= 4 is 11.6 Å². The summed E-state index contributed by atoms with van der Waals surface area (Å²) >= 11 is 0. The highest BCUT2D eigenvalue weighted by molar-refractivity contribution is 5.94. The van der Waals surface area contributed by atoms with E-state index in [-0.39, 0.29) is 11.9 Å². The lowest BCUT2D eigenvalue weighted by atomic mass is 9.80. The van der Waals surface area contributed by atoms with Gasteiger partial charge in [0.05, 0.1) is 0 Å². The third-order valence-corrected chi connectivity index (χ3v) is 4.00. The molecule has 1 aromatic rings. The Hall–Kier alpha value is -1.35. The number of benzene rings is 1. The number of anilines is 1. The summed E-state index contributed by atoms with van der Waals surface area (Å²) in [5.41, 5.74) is 12.6. The minimum absolute atomic E-state index is 0.126. The monoisotopic (exact) mass is 230 g/mol. The highest BCUT2D eigenvalue weighted by atomic mass is 16.1. The molecule has 1 aliphatic carbocycles. The molecule has 2 aliphatic rings. The van der Waals surface area contributed by atoms with Crippen molar-refractivity contribution in [1.82, 2.24) is 0 Å². The van der Waals surface area contributed by atoms with Gasteiger partial charge in [-0.15, -0.1) is 0 Å². The number of hydrogen-bond donors (Lipinski definition) is 2. The molecule has 1 aromatic carbocycles. The van der Waals surface area contributed by atoms with Gasteiger partial charge in [0, 0.05) is 18.2 Å². The first-order valence-corrected chi connectivity index (χ1v) is 6.37. The van der Waals surface area contributed by atoms with E-state index in [1.807, 2.05) is 0 Å². The van der Waals surface area contributed by atoms with Crippen molar-refractivity contribution in [3.05, 3.63) is 28.3 Å². The molecule has 0 saturated carbocycles. The molecule has 0 bridgehead atoms. The molecule has 1 amide bonds. The summed E-state index contributed by atoms with van der Waals surface area (Å²) in [6.45, 7) is 2.12. The van der Waals surface area contributed by atoms with E-state index in [9.17, 15) is 4.79 Å². The second kappa shape index (κ2) is 3.84. The van der Waals surface area contributed by atoms with Crippen LogP contribution in [-0.4, -0.2) is 5.91 Å². The number of amides is 1. The van der Waals surface area contributed by atoms with Crippen LogP contribution in [0.1, 0.15) is 47.6 Å². The van der Waals surface area contributed by atoms with E-state index >= 15 is 0 Å². The summed E-state index contributed by atoms with van der Waals surface area (Å²) in [5, 5.41) is 2.98. The molecule has 0 radical (unpaired) electrons. The summed E-state index contributed by atoms with van der Waals surface area (Å²) in [7, 11) is 0. The van der Waals surface area contributed by atoms with Gasteiger partial charge in [-0.3, -0.25) is 4.79 Å². The third kappa shape index (κ3) is 1.65. The quantitative estimate of drug-likeness (QED) is 0.718. The number of rotatable bonds is 0. The number of carbonyl (C=O) groups is 1. The molecule has 3 N–H and O–H groups in total. The van der Waals surface area contributed by atoms with E-state index in [2.05, 4.69) is 18.3 Å². The zero-order valence-electron chi connectivity index (χ0n) is 10.2. The Morgan fingerprint density at radius 1 is 1.29 bits per heavy atom. The van der Waals surface area contributed by atoms with Crippen molar-refractivity contribution in [2.75, 3.05) is 5.32 Å². The summed E-state index contributed by atoms with van der Waals surface area (Å²) in [6.07, 6.45) is 4.82. The maximum Gasteiger partial charge on any atom is 0.224 e. The van der Waals surface area contributed by atoms with Gasteiger partial charge in [-0.25, -0.2) is 0 Å². The molecule has 0 aromatic heterocycles. The van der Waals surface area contributed by atoms with Gasteiger partial charge in [0.25, 0.3) is 0 Å². The molecule has 0 spiro atoms. The van der Waals surface area contributed by atoms with Gasteiger partial charge in [0.2, 0.25) is 5.91 Å². The summed E-state index contributed by atoms with van der Waals surface area (Å²) in [5.74, 6) is 0.126. The lowest BCUT2D eigenvalue weighted by Crippen LogP contribution is -2.26. The Balaban J connectivity index is 2.20. The predicted octanol–water partition coefficient (Wildman–Crippen LogP) is 2.22. The molecule has 1 atom stereocenters. The van der Waals surface area contributed by atoms with Crippen molar-refractivity contribution in [3.63, 3.8) is 0 Å². The van der Waals surface area contributed by atoms with Gasteiger partial charge in [0.15, 0.2) is 0 Å². The molecular weight excluding hydrogens is 212 g/mol. The predicted molar refractivity (Wildman–Crippen MR) is 68.0 cm³/mol. The molecule has 0 fully saturated rings. The first-order valence-electron chi connectivity index (χ1n) is 6.37. The highest BCUT2D eigenvalue weighted by Gasteiger charge is 2.26. The molecule has 1 heterocycles. The Morgan fingerprint density at radius 3 is 2.94 bits per heavy atom. The molecule has 3 nitrogen and oxygen atoms in total. The van der Waals surface area contributed by atoms with E-state index in [1.165, 1.54) is 28.7 Å². The first-order chi connectivity index (χ1) is 8.16. The van der Waals surface area contributed by atoms with E-state index in [1.54, 1.807) is 0 Å². The SMILES string of the molecule is Cc1cc2c(c3c1CCC[C@@H]3N)CCC(=O)N2. The maximum absolute atomic E-state index is 11.4. The van der Waals surface area contributed by atoms with Gasteiger partial charge < -0.3 is 11.1 Å². The highest BCUT2D eigenvalue weighted by Crippen LogP contribution is 2.38. The number of hydrogen-bond acceptors (Lipinski definition) is 2. The third-order valence-electron chi connectivity index (χ3n) is 4.00. The van der Waals surface area contributed by atoms with Gasteiger partial charge in [-0.05, 0) is 60.9 Å². The fourth-order valence-corrected chi connectivity index (χ4v) is 3.18. The van der Waals surface area contributed by atoms with Crippen molar-refractivity contribution in [2.24, 2.45) is 5.73 Å². The summed E-state index contributed by atoms with van der Waals surface area (Å²) in [6, 6.07) is 2.27. The van der Waals surface area contributed by atoms with Gasteiger partial charge >= 0.3 is 0 Å². The van der Waals surface area contributed by atoms with Gasteiger partial charge in [0.1, 0.15) is 0 Å². The summed E-state index contributed by atoms with van der Waals surface area (Å²) < 4.78 is 0. The van der Waals surface area contributed by atoms with Crippen LogP contribution in [0.3, 0.4) is 0 Å². The zero-order valence-corrected chi connectivity index (χ0v) is 10.2. The minimum atomic E-state index is 0.126. The van der Waals surface area contributed by atoms with Crippen molar-refractivity contribution in [1.29, 1.82) is 0 Å². The second-order valence-electron chi connectivity index (χ2n) is 5.16. The largest absolute Gasteiger partial charge is 0.326 e. The second-order valence-corrected chi connectivity index (χ2v) is 5.16. The van der Waals surface area contributed by atoms with E-state index in [4.69, 9.17) is 5.73 Å². The van der Waals surface area contributed by atoms with Crippen LogP contribution in [0.5, 0.6) is 0 Å². The molecule has 1 aliphatic heterocycles. The molecule has 17 heavy (non-hydrogen) atoms. The van der Waals surface area contributed by atoms with Crippen LogP contribution in [-0.2, 0) is 17.6 Å². The van der Waals surface area contributed by atoms with Gasteiger partial charge in [-0.2, -0.15) is 0 Å². The number of nitrogens with two attached hydrogens (primary N) is 1. The Labute approximate surface area is 101 Å². The van der Waals surface area contributed by atoms with Crippen LogP contribution in [0.4, 0.5) is 5.69 Å². The topological polar surface area (TPSA) is 55.1 Å². The van der Waals surface area contributed by atoms with Crippen molar-refractivity contribution in [2.45, 2.75) is 45.1 Å². The number of aryl methyl sites for hydroxylation is 1. The molecular formula is C14H18N2O. The van der Waals surface area contributed by atoms with Crippen LogP contribution in [0.25, 0.3) is 0 Å². The molecule has 0 unspecified atom stereocenters. The Bertz CT molecular complexity index is 493. The molecule has 3 heteroatoms. The lowest BCUT2D eigenvalue weighted by molar-refractivity contribution is -0.116. The van der Waals surface area contributed by atoms with E-state index < -0.39 is 0 Å². The average Bonchev–Trinajstić information content (AvgIpc) is 2.29. The fourth-order valence-electron chi connectivity index (χ4n) is 3.18. The van der Waals surface area contributed by atoms with Crippen LogP contribution in [0, 0.1) is 6.92 Å². The van der Waals surface area contributed by atoms with E-state index in [0.29, 0.717) is 6.42 Å². The average molecular weight is 230 g/mol. The number of carbonyl (C=O) groups excluding carboxylic acids is 1. The molecule has 0 saturated heterocycles. The smallest absolute Gasteiger partial charge is 0.224 e. The first kappa shape index (κ1) is 10.8. The number of nitrogens with one attached hydrogen (secondary N) is 1.